The Hall–Kier alpha value is -2.21. The van der Waals surface area contributed by atoms with Crippen LogP contribution in [0.5, 0.6) is 11.5 Å². The van der Waals surface area contributed by atoms with Crippen LogP contribution in [0.15, 0.2) is 16.7 Å². The third-order valence-electron chi connectivity index (χ3n) is 6.39. The van der Waals surface area contributed by atoms with Gasteiger partial charge in [0.1, 0.15) is 5.75 Å². The van der Waals surface area contributed by atoms with Gasteiger partial charge >= 0.3 is 11.6 Å². The molecule has 1 aromatic carbocycles. The zero-order chi connectivity index (χ0) is 17.9. The first-order chi connectivity index (χ1) is 12.6. The van der Waals surface area contributed by atoms with E-state index in [2.05, 4.69) is 5.32 Å². The smallest absolute Gasteiger partial charge is 0.328 e. The van der Waals surface area contributed by atoms with Gasteiger partial charge in [-0.25, -0.2) is 0 Å². The van der Waals surface area contributed by atoms with Gasteiger partial charge in [-0.1, -0.05) is 0 Å². The van der Waals surface area contributed by atoms with Crippen molar-refractivity contribution in [3.05, 3.63) is 23.5 Å². The maximum Gasteiger partial charge on any atom is 0.328 e. The molecule has 0 saturated carbocycles. The molecule has 2 fully saturated rings. The third kappa shape index (κ3) is 1.99. The molecule has 138 valence electrons. The first-order valence-electron chi connectivity index (χ1n) is 9.69. The molecule has 0 radical (unpaired) electrons. The van der Waals surface area contributed by atoms with Gasteiger partial charge in [0, 0.05) is 12.1 Å². The van der Waals surface area contributed by atoms with E-state index in [4.69, 9.17) is 9.15 Å². The van der Waals surface area contributed by atoms with Crippen LogP contribution in [0.3, 0.4) is 0 Å². The minimum Gasteiger partial charge on any atom is -0.504 e. The third-order valence-corrected chi connectivity index (χ3v) is 6.39. The summed E-state index contributed by atoms with van der Waals surface area (Å²) in [4.78, 5) is 14.5. The molecule has 6 heteroatoms. The van der Waals surface area contributed by atoms with E-state index in [1.807, 2.05) is 6.92 Å². The van der Waals surface area contributed by atoms with Gasteiger partial charge in [0.15, 0.2) is 11.3 Å². The van der Waals surface area contributed by atoms with E-state index in [0.29, 0.717) is 12.1 Å². The number of nitrogens with one attached hydrogen (secondary N) is 2. The molecular weight excluding hydrogens is 332 g/mol. The number of quaternary nitrogens is 1. The summed E-state index contributed by atoms with van der Waals surface area (Å²) in [5, 5.41) is 14.4. The van der Waals surface area contributed by atoms with Crippen LogP contribution in [-0.2, 0) is 4.79 Å². The van der Waals surface area contributed by atoms with Gasteiger partial charge in [0.2, 0.25) is 0 Å². The Kier molecular flexibility index (Phi) is 3.47. The van der Waals surface area contributed by atoms with Crippen LogP contribution in [0, 0.1) is 6.92 Å². The number of furan rings is 1. The predicted octanol–water partition coefficient (Wildman–Crippen LogP) is 1.60. The van der Waals surface area contributed by atoms with Crippen LogP contribution in [0.4, 0.5) is 0 Å². The lowest BCUT2D eigenvalue weighted by Gasteiger charge is -2.39. The Morgan fingerprint density at radius 3 is 2.88 bits per heavy atom. The highest BCUT2D eigenvalue weighted by Crippen LogP contribution is 2.52. The summed E-state index contributed by atoms with van der Waals surface area (Å²) in [5.41, 5.74) is 1.40. The van der Waals surface area contributed by atoms with E-state index in [1.165, 1.54) is 11.3 Å². The Morgan fingerprint density at radius 2 is 2.08 bits per heavy atom. The molecule has 3 aliphatic rings. The van der Waals surface area contributed by atoms with Gasteiger partial charge in [0.05, 0.1) is 30.7 Å². The molecule has 2 aromatic rings. The number of carbonyl (C=O) groups excluding carboxylic acids is 1. The number of rotatable bonds is 1. The number of fused-ring (bicyclic) bond motifs is 5. The summed E-state index contributed by atoms with van der Waals surface area (Å²) in [6.45, 7) is 4.51. The van der Waals surface area contributed by atoms with Crippen LogP contribution in [0.25, 0.3) is 11.0 Å². The summed E-state index contributed by atoms with van der Waals surface area (Å²) < 4.78 is 12.2. The van der Waals surface area contributed by atoms with Gasteiger partial charge in [-0.2, -0.15) is 0 Å². The number of piperidine rings is 1. The van der Waals surface area contributed by atoms with Gasteiger partial charge in [-0.05, 0) is 50.7 Å². The molecule has 1 aromatic heterocycles. The molecule has 5 rings (SSSR count). The van der Waals surface area contributed by atoms with Crippen molar-refractivity contribution in [2.45, 2.75) is 50.7 Å². The standard InChI is InChI=1S/C20H24N2O4/c1-12-11-25-18-15(23)10-13-14-6-5-7-21-19(24)20(14,26-17(13)16(12)18)22-8-3-2-4-9-22/h10-11,14,23H,2-9H2,1H3,(H,21,24)/p+1/t14-,20+/m0/s1. The molecule has 6 nitrogen and oxygen atoms in total. The fraction of sp³-hybridized carbons (Fsp3) is 0.550. The van der Waals surface area contributed by atoms with E-state index < -0.39 is 5.72 Å². The van der Waals surface area contributed by atoms with Crippen molar-refractivity contribution in [2.24, 2.45) is 0 Å². The second-order valence-electron chi connectivity index (χ2n) is 7.89. The van der Waals surface area contributed by atoms with E-state index in [0.717, 1.165) is 61.0 Å². The normalized spacial score (nSPS) is 29.0. The lowest BCUT2D eigenvalue weighted by atomic mass is 9.84. The van der Waals surface area contributed by atoms with E-state index in [1.54, 1.807) is 12.3 Å². The molecular formula is C20H25N2O4+. The number of carbonyl (C=O) groups is 1. The van der Waals surface area contributed by atoms with E-state index in [9.17, 15) is 9.90 Å². The molecule has 0 spiro atoms. The number of hydrogen-bond acceptors (Lipinski definition) is 4. The zero-order valence-electron chi connectivity index (χ0n) is 15.1. The first kappa shape index (κ1) is 16.0. The summed E-state index contributed by atoms with van der Waals surface area (Å²) in [6.07, 6.45) is 6.87. The number of hydrogen-bond donors (Lipinski definition) is 3. The van der Waals surface area contributed by atoms with E-state index in [-0.39, 0.29) is 17.6 Å². The minimum absolute atomic E-state index is 0.0121. The van der Waals surface area contributed by atoms with Gasteiger partial charge in [-0.15, -0.1) is 0 Å². The second kappa shape index (κ2) is 5.64. The summed E-state index contributed by atoms with van der Waals surface area (Å²) in [6, 6.07) is 1.76. The van der Waals surface area contributed by atoms with Crippen molar-refractivity contribution in [1.29, 1.82) is 0 Å². The monoisotopic (exact) mass is 357 g/mol. The molecule has 2 saturated heterocycles. The van der Waals surface area contributed by atoms with Crippen LogP contribution < -0.4 is 15.0 Å². The number of amides is 1. The van der Waals surface area contributed by atoms with Crippen molar-refractivity contribution >= 4 is 16.9 Å². The summed E-state index contributed by atoms with van der Waals surface area (Å²) >= 11 is 0. The number of phenolic OH excluding ortho intramolecular Hbond substituents is 1. The molecule has 0 aliphatic carbocycles. The van der Waals surface area contributed by atoms with Crippen molar-refractivity contribution in [3.63, 3.8) is 0 Å². The first-order valence-corrected chi connectivity index (χ1v) is 9.69. The lowest BCUT2D eigenvalue weighted by molar-refractivity contribution is -0.967. The Morgan fingerprint density at radius 1 is 1.27 bits per heavy atom. The topological polar surface area (TPSA) is 76.1 Å². The maximum absolute atomic E-state index is 13.3. The fourth-order valence-electron chi connectivity index (χ4n) is 5.19. The highest BCUT2D eigenvalue weighted by atomic mass is 16.5. The van der Waals surface area contributed by atoms with Crippen molar-refractivity contribution in [2.75, 3.05) is 19.6 Å². The number of phenols is 1. The van der Waals surface area contributed by atoms with Crippen molar-refractivity contribution in [3.8, 4) is 11.5 Å². The molecule has 2 atom stereocenters. The van der Waals surface area contributed by atoms with Crippen LogP contribution >= 0.6 is 0 Å². The van der Waals surface area contributed by atoms with Crippen LogP contribution in [-0.4, -0.2) is 36.4 Å². The lowest BCUT2D eigenvalue weighted by Crippen LogP contribution is -3.23. The quantitative estimate of drug-likeness (QED) is 0.725. The van der Waals surface area contributed by atoms with Gasteiger partial charge < -0.3 is 19.6 Å². The Bertz CT molecular complexity index is 884. The number of aryl methyl sites for hydroxylation is 1. The van der Waals surface area contributed by atoms with Crippen LogP contribution in [0.2, 0.25) is 0 Å². The molecule has 0 bridgehead atoms. The predicted molar refractivity (Wildman–Crippen MR) is 95.5 cm³/mol. The number of ether oxygens (including phenoxy) is 1. The molecule has 4 heterocycles. The average Bonchev–Trinajstić information content (AvgIpc) is 3.14. The fourth-order valence-corrected chi connectivity index (χ4v) is 5.19. The maximum atomic E-state index is 13.3. The molecule has 26 heavy (non-hydrogen) atoms. The summed E-state index contributed by atoms with van der Waals surface area (Å²) in [7, 11) is 0. The van der Waals surface area contributed by atoms with E-state index >= 15 is 0 Å². The number of likely N-dealkylation sites (tertiary alicyclic amines) is 1. The highest BCUT2D eigenvalue weighted by Gasteiger charge is 2.63. The second-order valence-corrected chi connectivity index (χ2v) is 7.89. The largest absolute Gasteiger partial charge is 0.504 e. The number of aromatic hydroxyl groups is 1. The Balaban J connectivity index is 1.74. The van der Waals surface area contributed by atoms with Gasteiger partial charge in [0.25, 0.3) is 0 Å². The average molecular weight is 357 g/mol. The van der Waals surface area contributed by atoms with Gasteiger partial charge in [-0.3, -0.25) is 9.69 Å². The van der Waals surface area contributed by atoms with Crippen molar-refractivity contribution < 1.29 is 24.0 Å². The SMILES string of the molecule is Cc1coc2c(O)cc3c(c12)O[C@@]1([NH+]2CCCCC2)C(=O)NCCC[C@@H]31. The molecule has 1 amide bonds. The zero-order valence-corrected chi connectivity index (χ0v) is 15.1. The summed E-state index contributed by atoms with van der Waals surface area (Å²) in [5.74, 6) is 0.799. The minimum atomic E-state index is -0.927. The Labute approximate surface area is 152 Å². The molecule has 0 unspecified atom stereocenters. The van der Waals surface area contributed by atoms with Crippen LogP contribution in [0.1, 0.15) is 49.1 Å². The van der Waals surface area contributed by atoms with Crippen molar-refractivity contribution in [1.82, 2.24) is 5.32 Å². The highest BCUT2D eigenvalue weighted by molar-refractivity contribution is 5.96. The number of benzene rings is 1. The molecule has 3 aliphatic heterocycles. The molecule has 3 N–H and O–H groups in total.